The molecule has 1 N–H and O–H groups in total. The van der Waals surface area contributed by atoms with Crippen LogP contribution in [0.15, 0.2) is 42.6 Å². The predicted molar refractivity (Wildman–Crippen MR) is 143 cm³/mol. The third-order valence-corrected chi connectivity index (χ3v) is 7.51. The predicted octanol–water partition coefficient (Wildman–Crippen LogP) is 4.70. The van der Waals surface area contributed by atoms with Crippen molar-refractivity contribution in [1.82, 2.24) is 20.4 Å². The Kier molecular flexibility index (Phi) is 5.58. The van der Waals surface area contributed by atoms with E-state index in [1.165, 1.54) is 0 Å². The molecule has 2 saturated heterocycles. The minimum absolute atomic E-state index is 0.0118. The number of nitrogens with zero attached hydrogens (tertiary/aromatic N) is 4. The van der Waals surface area contributed by atoms with Crippen LogP contribution >= 0.6 is 0 Å². The first-order chi connectivity index (χ1) is 17.7. The quantitative estimate of drug-likeness (QED) is 0.560. The van der Waals surface area contributed by atoms with Crippen LogP contribution in [0.25, 0.3) is 21.9 Å². The Morgan fingerprint density at radius 3 is 2.57 bits per heavy atom. The van der Waals surface area contributed by atoms with Crippen molar-refractivity contribution in [2.24, 2.45) is 0 Å². The lowest BCUT2D eigenvalue weighted by Gasteiger charge is -2.35. The summed E-state index contributed by atoms with van der Waals surface area (Å²) in [5, 5.41) is 14.0. The van der Waals surface area contributed by atoms with Crippen molar-refractivity contribution in [3.05, 3.63) is 53.7 Å². The summed E-state index contributed by atoms with van der Waals surface area (Å²) in [4.78, 5) is 29.4. The number of aryl methyl sites for hydroxylation is 1. The van der Waals surface area contributed by atoms with Crippen LogP contribution in [0.2, 0.25) is 0 Å². The lowest BCUT2D eigenvalue weighted by Crippen LogP contribution is -2.50. The highest BCUT2D eigenvalue weighted by atomic mass is 16.6. The lowest BCUT2D eigenvalue weighted by atomic mass is 9.96. The van der Waals surface area contributed by atoms with E-state index in [4.69, 9.17) is 4.74 Å². The van der Waals surface area contributed by atoms with Gasteiger partial charge in [0, 0.05) is 35.5 Å². The highest BCUT2D eigenvalue weighted by Gasteiger charge is 2.47. The molecule has 2 aromatic carbocycles. The number of benzene rings is 2. The van der Waals surface area contributed by atoms with Gasteiger partial charge in [0.25, 0.3) is 5.91 Å². The molecule has 3 aromatic rings. The van der Waals surface area contributed by atoms with Crippen LogP contribution in [0, 0.1) is 6.92 Å². The van der Waals surface area contributed by atoms with E-state index in [9.17, 15) is 9.59 Å². The van der Waals surface area contributed by atoms with Gasteiger partial charge < -0.3 is 19.9 Å². The number of fused-ring (bicyclic) bond motifs is 3. The van der Waals surface area contributed by atoms with Crippen LogP contribution in [0.5, 0.6) is 0 Å². The summed E-state index contributed by atoms with van der Waals surface area (Å²) >= 11 is 0. The van der Waals surface area contributed by atoms with Crippen molar-refractivity contribution in [3.63, 3.8) is 0 Å². The largest absolute Gasteiger partial charge is 0.444 e. The van der Waals surface area contributed by atoms with E-state index in [2.05, 4.69) is 45.5 Å². The molecule has 0 spiro atoms. The minimum atomic E-state index is -0.504. The van der Waals surface area contributed by atoms with Crippen LogP contribution in [0.4, 0.5) is 10.6 Å². The minimum Gasteiger partial charge on any atom is -0.444 e. The highest BCUT2D eigenvalue weighted by molar-refractivity contribution is 5.98. The molecular weight excluding hydrogens is 466 g/mol. The number of aromatic nitrogens is 2. The topological polar surface area (TPSA) is 87.7 Å². The third-order valence-electron chi connectivity index (χ3n) is 7.51. The molecule has 3 heterocycles. The number of hydrogen-bond donors (Lipinski definition) is 1. The van der Waals surface area contributed by atoms with Gasteiger partial charge in [0.1, 0.15) is 5.60 Å². The summed E-state index contributed by atoms with van der Waals surface area (Å²) in [6.45, 7) is 9.10. The zero-order valence-electron chi connectivity index (χ0n) is 21.8. The van der Waals surface area contributed by atoms with Crippen molar-refractivity contribution in [2.75, 3.05) is 18.0 Å². The van der Waals surface area contributed by atoms with Gasteiger partial charge in [0.05, 0.1) is 18.3 Å². The molecule has 2 aliphatic heterocycles. The van der Waals surface area contributed by atoms with Crippen LogP contribution in [-0.2, 0) is 4.74 Å². The number of hydrogen-bond acceptors (Lipinski definition) is 6. The second-order valence-electron chi connectivity index (χ2n) is 11.6. The molecule has 1 aromatic heterocycles. The lowest BCUT2D eigenvalue weighted by molar-refractivity contribution is 0.0214. The van der Waals surface area contributed by atoms with E-state index in [1.54, 1.807) is 6.20 Å². The smallest absolute Gasteiger partial charge is 0.410 e. The van der Waals surface area contributed by atoms with Crippen molar-refractivity contribution in [2.45, 2.75) is 70.7 Å². The van der Waals surface area contributed by atoms with Gasteiger partial charge in [-0.1, -0.05) is 12.1 Å². The van der Waals surface area contributed by atoms with E-state index in [0.717, 1.165) is 59.1 Å². The molecule has 6 rings (SSSR count). The van der Waals surface area contributed by atoms with Crippen LogP contribution in [0.1, 0.15) is 56.0 Å². The Balaban J connectivity index is 1.25. The SMILES string of the molecule is Cc1ccc(C(=O)NC2CC2)cc1-c1ccc2c(N3CC4CC3CN4C(=O)OC(C)(C)C)nncc2c1. The van der Waals surface area contributed by atoms with Crippen LogP contribution < -0.4 is 10.2 Å². The molecule has 8 heteroatoms. The molecule has 2 amide bonds. The molecule has 0 radical (unpaired) electrons. The van der Waals surface area contributed by atoms with Crippen LogP contribution in [0.3, 0.4) is 0 Å². The maximum Gasteiger partial charge on any atom is 0.410 e. The molecule has 37 heavy (non-hydrogen) atoms. The molecule has 1 saturated carbocycles. The number of carbonyl (C=O) groups is 2. The molecule has 1 aliphatic carbocycles. The van der Waals surface area contributed by atoms with Gasteiger partial charge in [0.15, 0.2) is 5.82 Å². The Labute approximate surface area is 217 Å². The van der Waals surface area contributed by atoms with Crippen LogP contribution in [-0.4, -0.2) is 63.9 Å². The Hall–Kier alpha value is -3.68. The molecule has 8 nitrogen and oxygen atoms in total. The second-order valence-corrected chi connectivity index (χ2v) is 11.6. The summed E-state index contributed by atoms with van der Waals surface area (Å²) in [7, 11) is 0. The van der Waals surface area contributed by atoms with Gasteiger partial charge >= 0.3 is 6.09 Å². The zero-order chi connectivity index (χ0) is 25.9. The van der Waals surface area contributed by atoms with Gasteiger partial charge in [-0.05, 0) is 87.9 Å². The number of rotatable bonds is 4. The molecular formula is C29H33N5O3. The van der Waals surface area contributed by atoms with E-state index in [-0.39, 0.29) is 24.1 Å². The van der Waals surface area contributed by atoms with Gasteiger partial charge in [-0.3, -0.25) is 4.79 Å². The van der Waals surface area contributed by atoms with Gasteiger partial charge in [-0.25, -0.2) is 4.79 Å². The number of nitrogens with one attached hydrogen (secondary N) is 1. The summed E-state index contributed by atoms with van der Waals surface area (Å²) < 4.78 is 5.61. The highest BCUT2D eigenvalue weighted by Crippen LogP contribution is 2.38. The molecule has 192 valence electrons. The first-order valence-electron chi connectivity index (χ1n) is 13.1. The third kappa shape index (κ3) is 4.61. The molecule has 2 atom stereocenters. The van der Waals surface area contributed by atoms with E-state index < -0.39 is 5.60 Å². The van der Waals surface area contributed by atoms with Gasteiger partial charge in [-0.15, -0.1) is 5.10 Å². The summed E-state index contributed by atoms with van der Waals surface area (Å²) in [6.07, 6.45) is 4.59. The summed E-state index contributed by atoms with van der Waals surface area (Å²) in [5.74, 6) is 0.844. The second kappa shape index (κ2) is 8.71. The van der Waals surface area contributed by atoms with E-state index >= 15 is 0 Å². The zero-order valence-corrected chi connectivity index (χ0v) is 21.8. The number of likely N-dealkylation sites (tertiary alicyclic amines) is 1. The van der Waals surface area contributed by atoms with Gasteiger partial charge in [-0.2, -0.15) is 5.10 Å². The van der Waals surface area contributed by atoms with Crippen molar-refractivity contribution >= 4 is 28.6 Å². The van der Waals surface area contributed by atoms with Gasteiger partial charge in [0.2, 0.25) is 0 Å². The molecule has 2 unspecified atom stereocenters. The fourth-order valence-electron chi connectivity index (χ4n) is 5.49. The summed E-state index contributed by atoms with van der Waals surface area (Å²) in [5.41, 5.74) is 3.38. The number of anilines is 1. The monoisotopic (exact) mass is 499 g/mol. The van der Waals surface area contributed by atoms with E-state index in [0.29, 0.717) is 18.2 Å². The molecule has 3 fully saturated rings. The fraction of sp³-hybridized carbons (Fsp3) is 0.448. The number of ether oxygens (including phenoxy) is 1. The maximum atomic E-state index is 12.7. The average Bonchev–Trinajstić information content (AvgIpc) is 3.43. The fourth-order valence-corrected chi connectivity index (χ4v) is 5.49. The first-order valence-corrected chi connectivity index (χ1v) is 13.1. The van der Waals surface area contributed by atoms with Crippen molar-refractivity contribution in [1.29, 1.82) is 0 Å². The number of piperazine rings is 1. The van der Waals surface area contributed by atoms with Crippen molar-refractivity contribution < 1.29 is 14.3 Å². The average molecular weight is 500 g/mol. The maximum absolute atomic E-state index is 12.7. The molecule has 2 bridgehead atoms. The van der Waals surface area contributed by atoms with E-state index in [1.807, 2.05) is 43.9 Å². The molecule has 3 aliphatic rings. The Morgan fingerprint density at radius 1 is 1.05 bits per heavy atom. The first kappa shape index (κ1) is 23.7. The van der Waals surface area contributed by atoms with Crippen molar-refractivity contribution in [3.8, 4) is 11.1 Å². The Bertz CT molecular complexity index is 1390. The number of carbonyl (C=O) groups excluding carboxylic acids is 2. The normalized spacial score (nSPS) is 21.0. The summed E-state index contributed by atoms with van der Waals surface area (Å²) in [6, 6.07) is 12.8. The Morgan fingerprint density at radius 2 is 1.86 bits per heavy atom. The number of amides is 2. The standard InChI is InChI=1S/C29H33N5O3/c1-17-5-6-19(27(35)31-21-8-9-21)12-25(17)18-7-10-24-20(11-18)14-30-32-26(24)33-15-23-13-22(33)16-34(23)28(36)37-29(2,3)4/h5-7,10-12,14,21-23H,8-9,13,15-16H2,1-4H3,(H,31,35).